The molecule has 1 aromatic carbocycles. The smallest absolute Gasteiger partial charge is 0.399 e. The average molecular weight is 300 g/mol. The van der Waals surface area contributed by atoms with E-state index in [9.17, 15) is 13.2 Å². The van der Waals surface area contributed by atoms with Gasteiger partial charge in [0.05, 0.1) is 17.1 Å². The molecule has 1 unspecified atom stereocenters. The number of benzene rings is 1. The second kappa shape index (κ2) is 5.02. The Morgan fingerprint density at radius 2 is 1.48 bits per heavy atom. The Kier molecular flexibility index (Phi) is 3.91. The van der Waals surface area contributed by atoms with Gasteiger partial charge in [-0.15, -0.1) is 0 Å². The molecule has 21 heavy (non-hydrogen) atoms. The summed E-state index contributed by atoms with van der Waals surface area (Å²) >= 11 is 0. The van der Waals surface area contributed by atoms with Gasteiger partial charge in [-0.3, -0.25) is 0 Å². The van der Waals surface area contributed by atoms with E-state index in [1.807, 2.05) is 27.7 Å². The van der Waals surface area contributed by atoms with Crippen LogP contribution in [0.3, 0.4) is 0 Å². The van der Waals surface area contributed by atoms with Gasteiger partial charge in [-0.2, -0.15) is 13.2 Å². The van der Waals surface area contributed by atoms with Crippen molar-refractivity contribution in [1.82, 2.24) is 0 Å². The molecule has 1 aromatic rings. The molecule has 1 fully saturated rings. The van der Waals surface area contributed by atoms with Crippen molar-refractivity contribution >= 4 is 12.6 Å². The van der Waals surface area contributed by atoms with E-state index in [-0.39, 0.29) is 5.56 Å². The molecule has 0 spiro atoms. The van der Waals surface area contributed by atoms with Crippen LogP contribution in [0.25, 0.3) is 0 Å². The molecule has 1 heterocycles. The van der Waals surface area contributed by atoms with Crippen LogP contribution in [0, 0.1) is 0 Å². The van der Waals surface area contributed by atoms with Gasteiger partial charge in [0.25, 0.3) is 0 Å². The van der Waals surface area contributed by atoms with E-state index >= 15 is 0 Å². The van der Waals surface area contributed by atoms with E-state index in [1.54, 1.807) is 18.2 Å². The third kappa shape index (κ3) is 2.97. The Hall–Kier alpha value is -1.01. The van der Waals surface area contributed by atoms with Gasteiger partial charge in [0, 0.05) is 0 Å². The lowest BCUT2D eigenvalue weighted by atomic mass is 9.73. The zero-order chi connectivity index (χ0) is 16.1. The molecule has 0 aromatic heterocycles. The van der Waals surface area contributed by atoms with E-state index in [2.05, 4.69) is 0 Å². The SMILES string of the molecule is CC(c1ccccc1B1OC(C)(C)C(C)(C)O1)C(F)(F)F. The lowest BCUT2D eigenvalue weighted by Gasteiger charge is -2.32. The van der Waals surface area contributed by atoms with Crippen molar-refractivity contribution in [1.29, 1.82) is 0 Å². The molecule has 1 aliphatic heterocycles. The molecule has 2 rings (SSSR count). The Bertz CT molecular complexity index is 510. The van der Waals surface area contributed by atoms with Crippen LogP contribution >= 0.6 is 0 Å². The van der Waals surface area contributed by atoms with E-state index in [0.717, 1.165) is 6.92 Å². The predicted molar refractivity (Wildman–Crippen MR) is 76.6 cm³/mol. The first-order valence-corrected chi connectivity index (χ1v) is 6.97. The van der Waals surface area contributed by atoms with Crippen molar-refractivity contribution in [2.24, 2.45) is 0 Å². The maximum absolute atomic E-state index is 13.0. The molecule has 1 aliphatic rings. The second-order valence-electron chi connectivity index (χ2n) is 6.48. The van der Waals surface area contributed by atoms with Crippen molar-refractivity contribution in [3.8, 4) is 0 Å². The highest BCUT2D eigenvalue weighted by atomic mass is 19.4. The van der Waals surface area contributed by atoms with Gasteiger partial charge in [-0.1, -0.05) is 24.3 Å². The van der Waals surface area contributed by atoms with Crippen molar-refractivity contribution < 1.29 is 22.5 Å². The summed E-state index contributed by atoms with van der Waals surface area (Å²) in [5.74, 6) is -1.56. The number of hydrogen-bond donors (Lipinski definition) is 0. The molecule has 0 radical (unpaired) electrons. The lowest BCUT2D eigenvalue weighted by Crippen LogP contribution is -2.41. The normalized spacial score (nSPS) is 22.4. The zero-order valence-corrected chi connectivity index (χ0v) is 12.9. The van der Waals surface area contributed by atoms with Gasteiger partial charge in [-0.05, 0) is 45.6 Å². The third-order valence-electron chi connectivity index (χ3n) is 4.46. The maximum atomic E-state index is 13.0. The summed E-state index contributed by atoms with van der Waals surface area (Å²) in [5.41, 5.74) is -0.511. The quantitative estimate of drug-likeness (QED) is 0.776. The summed E-state index contributed by atoms with van der Waals surface area (Å²) in [4.78, 5) is 0. The monoisotopic (exact) mass is 300 g/mol. The predicted octanol–water partition coefficient (Wildman–Crippen LogP) is 3.65. The number of halogens is 3. The maximum Gasteiger partial charge on any atom is 0.495 e. The van der Waals surface area contributed by atoms with Crippen LogP contribution in [0.1, 0.15) is 46.1 Å². The molecule has 0 saturated carbocycles. The Balaban J connectivity index is 2.39. The summed E-state index contributed by atoms with van der Waals surface area (Å²) in [6.45, 7) is 8.67. The highest BCUT2D eigenvalue weighted by Gasteiger charge is 2.53. The summed E-state index contributed by atoms with van der Waals surface area (Å²) in [5, 5.41) is 0. The van der Waals surface area contributed by atoms with Crippen LogP contribution in [-0.4, -0.2) is 24.5 Å². The Morgan fingerprint density at radius 3 is 1.95 bits per heavy atom. The molecule has 0 N–H and O–H groups in total. The fourth-order valence-electron chi connectivity index (χ4n) is 2.27. The number of rotatable bonds is 2. The van der Waals surface area contributed by atoms with Crippen LogP contribution in [0.2, 0.25) is 0 Å². The molecule has 0 amide bonds. The first-order valence-electron chi connectivity index (χ1n) is 6.97. The lowest BCUT2D eigenvalue weighted by molar-refractivity contribution is -0.146. The van der Waals surface area contributed by atoms with E-state index < -0.39 is 30.4 Å². The molecule has 6 heteroatoms. The van der Waals surface area contributed by atoms with Crippen LogP contribution < -0.4 is 5.46 Å². The highest BCUT2D eigenvalue weighted by Crippen LogP contribution is 2.38. The number of alkyl halides is 3. The molecule has 0 aliphatic carbocycles. The fourth-order valence-corrected chi connectivity index (χ4v) is 2.27. The molecule has 116 valence electrons. The van der Waals surface area contributed by atoms with Gasteiger partial charge < -0.3 is 9.31 Å². The topological polar surface area (TPSA) is 18.5 Å². The summed E-state index contributed by atoms with van der Waals surface area (Å²) < 4.78 is 50.8. The van der Waals surface area contributed by atoms with E-state index in [1.165, 1.54) is 6.07 Å². The van der Waals surface area contributed by atoms with Crippen LogP contribution in [0.15, 0.2) is 24.3 Å². The van der Waals surface area contributed by atoms with Crippen molar-refractivity contribution in [2.45, 2.75) is 57.9 Å². The molecular weight excluding hydrogens is 280 g/mol. The largest absolute Gasteiger partial charge is 0.495 e. The minimum atomic E-state index is -4.29. The van der Waals surface area contributed by atoms with Gasteiger partial charge >= 0.3 is 13.3 Å². The minimum absolute atomic E-state index is 0.198. The van der Waals surface area contributed by atoms with Crippen molar-refractivity contribution in [2.75, 3.05) is 0 Å². The molecular formula is C15H20BF3O2. The summed E-state index contributed by atoms with van der Waals surface area (Å²) in [7, 11) is -0.781. The zero-order valence-electron chi connectivity index (χ0n) is 12.9. The van der Waals surface area contributed by atoms with Crippen LogP contribution in [0.5, 0.6) is 0 Å². The molecule has 0 bridgehead atoms. The first kappa shape index (κ1) is 16.4. The third-order valence-corrected chi connectivity index (χ3v) is 4.46. The molecule has 1 atom stereocenters. The van der Waals surface area contributed by atoms with Crippen molar-refractivity contribution in [3.05, 3.63) is 29.8 Å². The van der Waals surface area contributed by atoms with Gasteiger partial charge in [0.2, 0.25) is 0 Å². The van der Waals surface area contributed by atoms with E-state index in [4.69, 9.17) is 9.31 Å². The summed E-state index contributed by atoms with van der Waals surface area (Å²) in [6, 6.07) is 6.43. The van der Waals surface area contributed by atoms with Crippen LogP contribution in [-0.2, 0) is 9.31 Å². The fraction of sp³-hybridized carbons (Fsp3) is 0.600. The number of hydrogen-bond acceptors (Lipinski definition) is 2. The minimum Gasteiger partial charge on any atom is -0.399 e. The standard InChI is InChI=1S/C15H20BF3O2/c1-10(15(17,18)19)11-8-6-7-9-12(11)16-20-13(2,3)14(4,5)21-16/h6-10H,1-5H3. The van der Waals surface area contributed by atoms with E-state index in [0.29, 0.717) is 5.46 Å². The molecule has 2 nitrogen and oxygen atoms in total. The Morgan fingerprint density at radius 1 is 1.00 bits per heavy atom. The van der Waals surface area contributed by atoms with Gasteiger partial charge in [0.1, 0.15) is 0 Å². The second-order valence-corrected chi connectivity index (χ2v) is 6.48. The first-order chi connectivity index (χ1) is 9.46. The molecule has 1 saturated heterocycles. The van der Waals surface area contributed by atoms with Crippen molar-refractivity contribution in [3.63, 3.8) is 0 Å². The van der Waals surface area contributed by atoms with Crippen LogP contribution in [0.4, 0.5) is 13.2 Å². The van der Waals surface area contributed by atoms with Gasteiger partial charge in [-0.25, -0.2) is 0 Å². The Labute approximate surface area is 123 Å². The highest BCUT2D eigenvalue weighted by molar-refractivity contribution is 6.62. The average Bonchev–Trinajstić information content (AvgIpc) is 2.56. The van der Waals surface area contributed by atoms with Gasteiger partial charge in [0.15, 0.2) is 0 Å². The summed E-state index contributed by atoms with van der Waals surface area (Å²) in [6.07, 6.45) is -4.29.